The first-order valence-electron chi connectivity index (χ1n) is 7.12. The van der Waals surface area contributed by atoms with Crippen LogP contribution in [0.25, 0.3) is 0 Å². The number of rotatable bonds is 5. The number of hydrogen-bond donors (Lipinski definition) is 2. The van der Waals surface area contributed by atoms with E-state index in [4.69, 9.17) is 11.6 Å². The SMILES string of the molecule is O=C(NC(Cc1ccc(Cl)cc1)C(=O)O)c1ccc(C(F)(F)F)cc1. The Morgan fingerprint density at radius 2 is 1.60 bits per heavy atom. The minimum atomic E-state index is -4.51. The third-order valence-electron chi connectivity index (χ3n) is 3.43. The summed E-state index contributed by atoms with van der Waals surface area (Å²) in [7, 11) is 0. The molecule has 0 bridgehead atoms. The third kappa shape index (κ3) is 5.22. The molecule has 0 saturated heterocycles. The van der Waals surface area contributed by atoms with E-state index in [-0.39, 0.29) is 12.0 Å². The Morgan fingerprint density at radius 1 is 1.04 bits per heavy atom. The molecule has 0 spiro atoms. The van der Waals surface area contributed by atoms with Crippen LogP contribution in [-0.2, 0) is 17.4 Å². The van der Waals surface area contributed by atoms with Gasteiger partial charge in [-0.3, -0.25) is 4.79 Å². The molecule has 0 saturated carbocycles. The van der Waals surface area contributed by atoms with Gasteiger partial charge in [0.15, 0.2) is 0 Å². The highest BCUT2D eigenvalue weighted by molar-refractivity contribution is 6.30. The summed E-state index contributed by atoms with van der Waals surface area (Å²) in [5, 5.41) is 12.0. The van der Waals surface area contributed by atoms with Gasteiger partial charge in [0.05, 0.1) is 5.56 Å². The van der Waals surface area contributed by atoms with Gasteiger partial charge in [-0.15, -0.1) is 0 Å². The van der Waals surface area contributed by atoms with E-state index < -0.39 is 29.7 Å². The quantitative estimate of drug-likeness (QED) is 0.840. The van der Waals surface area contributed by atoms with Crippen molar-refractivity contribution in [3.8, 4) is 0 Å². The number of carboxylic acids is 1. The van der Waals surface area contributed by atoms with E-state index in [1.165, 1.54) is 0 Å². The maximum atomic E-state index is 12.5. The van der Waals surface area contributed by atoms with E-state index in [1.54, 1.807) is 24.3 Å². The maximum absolute atomic E-state index is 12.5. The molecule has 2 rings (SSSR count). The molecular weight excluding hydrogens is 359 g/mol. The van der Waals surface area contributed by atoms with Crippen molar-refractivity contribution in [1.82, 2.24) is 5.32 Å². The lowest BCUT2D eigenvalue weighted by Gasteiger charge is -2.15. The summed E-state index contributed by atoms with van der Waals surface area (Å²) in [5.41, 5.74) is -0.306. The lowest BCUT2D eigenvalue weighted by Crippen LogP contribution is -2.42. The number of amides is 1. The van der Waals surface area contributed by atoms with E-state index in [1.807, 2.05) is 0 Å². The van der Waals surface area contributed by atoms with Crippen molar-refractivity contribution >= 4 is 23.5 Å². The van der Waals surface area contributed by atoms with Crippen molar-refractivity contribution in [1.29, 1.82) is 0 Å². The van der Waals surface area contributed by atoms with Gasteiger partial charge in [-0.2, -0.15) is 13.2 Å². The van der Waals surface area contributed by atoms with Gasteiger partial charge >= 0.3 is 12.1 Å². The van der Waals surface area contributed by atoms with Crippen molar-refractivity contribution in [2.24, 2.45) is 0 Å². The van der Waals surface area contributed by atoms with Crippen LogP contribution in [0.4, 0.5) is 13.2 Å². The molecule has 0 aliphatic rings. The monoisotopic (exact) mass is 371 g/mol. The first kappa shape index (κ1) is 18.8. The molecule has 8 heteroatoms. The second-order valence-electron chi connectivity index (χ2n) is 5.27. The van der Waals surface area contributed by atoms with Crippen molar-refractivity contribution in [2.45, 2.75) is 18.6 Å². The predicted molar refractivity (Wildman–Crippen MR) is 85.5 cm³/mol. The first-order chi connectivity index (χ1) is 11.7. The molecule has 0 heterocycles. The topological polar surface area (TPSA) is 66.4 Å². The molecule has 0 radical (unpaired) electrons. The van der Waals surface area contributed by atoms with E-state index in [0.717, 1.165) is 24.3 Å². The van der Waals surface area contributed by atoms with Crippen LogP contribution < -0.4 is 5.32 Å². The van der Waals surface area contributed by atoms with Crippen molar-refractivity contribution < 1.29 is 27.9 Å². The molecule has 1 unspecified atom stereocenters. The lowest BCUT2D eigenvalue weighted by atomic mass is 10.1. The number of halogens is 4. The highest BCUT2D eigenvalue weighted by atomic mass is 35.5. The molecule has 4 nitrogen and oxygen atoms in total. The van der Waals surface area contributed by atoms with E-state index >= 15 is 0 Å². The van der Waals surface area contributed by atoms with Crippen molar-refractivity contribution in [2.75, 3.05) is 0 Å². The fourth-order valence-corrected chi connectivity index (χ4v) is 2.23. The highest BCUT2D eigenvalue weighted by Crippen LogP contribution is 2.29. The number of carboxylic acid groups (broad SMARTS) is 1. The number of benzene rings is 2. The van der Waals surface area contributed by atoms with Gasteiger partial charge in [-0.05, 0) is 42.0 Å². The van der Waals surface area contributed by atoms with E-state index in [2.05, 4.69) is 5.32 Å². The Morgan fingerprint density at radius 3 is 2.08 bits per heavy atom. The van der Waals surface area contributed by atoms with E-state index in [0.29, 0.717) is 10.6 Å². The van der Waals surface area contributed by atoms with Crippen LogP contribution in [0, 0.1) is 0 Å². The lowest BCUT2D eigenvalue weighted by molar-refractivity contribution is -0.139. The molecule has 1 amide bonds. The average molecular weight is 372 g/mol. The largest absolute Gasteiger partial charge is 0.480 e. The zero-order valence-corrected chi connectivity index (χ0v) is 13.4. The van der Waals surface area contributed by atoms with Crippen molar-refractivity contribution in [3.05, 3.63) is 70.2 Å². The van der Waals surface area contributed by atoms with Gasteiger partial charge in [0.2, 0.25) is 0 Å². The molecule has 0 aromatic heterocycles. The molecule has 0 aliphatic heterocycles. The Hall–Kier alpha value is -2.54. The molecule has 25 heavy (non-hydrogen) atoms. The van der Waals surface area contributed by atoms with E-state index in [9.17, 15) is 27.9 Å². The number of nitrogens with one attached hydrogen (secondary N) is 1. The summed E-state index contributed by atoms with van der Waals surface area (Å²) in [5.74, 6) is -2.02. The van der Waals surface area contributed by atoms with Crippen LogP contribution in [0.3, 0.4) is 0 Å². The third-order valence-corrected chi connectivity index (χ3v) is 3.68. The molecule has 2 aromatic carbocycles. The van der Waals surface area contributed by atoms with Gasteiger partial charge in [-0.1, -0.05) is 23.7 Å². The Bertz CT molecular complexity index is 758. The van der Waals surface area contributed by atoms with Crippen LogP contribution in [0.2, 0.25) is 5.02 Å². The highest BCUT2D eigenvalue weighted by Gasteiger charge is 2.30. The van der Waals surface area contributed by atoms with Crippen LogP contribution in [0.1, 0.15) is 21.5 Å². The van der Waals surface area contributed by atoms with Gasteiger partial charge in [0, 0.05) is 17.0 Å². The molecular formula is C17H13ClF3NO3. The second-order valence-corrected chi connectivity index (χ2v) is 5.71. The zero-order valence-electron chi connectivity index (χ0n) is 12.7. The van der Waals surface area contributed by atoms with Crippen LogP contribution in [0.15, 0.2) is 48.5 Å². The van der Waals surface area contributed by atoms with Crippen molar-refractivity contribution in [3.63, 3.8) is 0 Å². The Balaban J connectivity index is 2.09. The molecule has 132 valence electrons. The normalized spacial score (nSPS) is 12.5. The summed E-state index contributed by atoms with van der Waals surface area (Å²) in [6.45, 7) is 0. The molecule has 0 fully saturated rings. The molecule has 1 atom stereocenters. The predicted octanol–water partition coefficient (Wildman–Crippen LogP) is 3.78. The molecule has 0 aliphatic carbocycles. The van der Waals surface area contributed by atoms with Gasteiger partial charge in [0.1, 0.15) is 6.04 Å². The van der Waals surface area contributed by atoms with Gasteiger partial charge < -0.3 is 10.4 Å². The van der Waals surface area contributed by atoms with Crippen LogP contribution in [0.5, 0.6) is 0 Å². The summed E-state index contributed by atoms with van der Waals surface area (Å²) >= 11 is 5.75. The smallest absolute Gasteiger partial charge is 0.416 e. The number of hydrogen-bond acceptors (Lipinski definition) is 2. The van der Waals surface area contributed by atoms with Gasteiger partial charge in [-0.25, -0.2) is 4.79 Å². The Kier molecular flexibility index (Phi) is 5.69. The van der Waals surface area contributed by atoms with Crippen LogP contribution >= 0.6 is 11.6 Å². The number of alkyl halides is 3. The molecule has 2 aromatic rings. The molecule has 2 N–H and O–H groups in total. The van der Waals surface area contributed by atoms with Gasteiger partial charge in [0.25, 0.3) is 5.91 Å². The van der Waals surface area contributed by atoms with Crippen LogP contribution in [-0.4, -0.2) is 23.0 Å². The summed E-state index contributed by atoms with van der Waals surface area (Å²) < 4.78 is 37.6. The fraction of sp³-hybridized carbons (Fsp3) is 0.176. The number of aliphatic carboxylic acids is 1. The minimum Gasteiger partial charge on any atom is -0.480 e. The zero-order chi connectivity index (χ0) is 18.6. The maximum Gasteiger partial charge on any atom is 0.416 e. The number of carbonyl (C=O) groups is 2. The fourth-order valence-electron chi connectivity index (χ4n) is 2.11. The number of carbonyl (C=O) groups excluding carboxylic acids is 1. The first-order valence-corrected chi connectivity index (χ1v) is 7.50. The summed E-state index contributed by atoms with van der Waals surface area (Å²) in [4.78, 5) is 23.4. The second kappa shape index (κ2) is 7.57. The standard InChI is InChI=1S/C17H13ClF3NO3/c18-13-7-1-10(2-8-13)9-14(16(24)25)22-15(23)11-3-5-12(6-4-11)17(19,20)21/h1-8,14H,9H2,(H,22,23)(H,24,25). The summed E-state index contributed by atoms with van der Waals surface area (Å²) in [6.07, 6.45) is -4.49. The average Bonchev–Trinajstić information content (AvgIpc) is 2.55. The minimum absolute atomic E-state index is 0.0128. The Labute approximate surface area is 146 Å². The summed E-state index contributed by atoms with van der Waals surface area (Å²) in [6, 6.07) is 8.74.